The van der Waals surface area contributed by atoms with Crippen LogP contribution in [0, 0.1) is 0 Å². The molecule has 30 nitrogen and oxygen atoms in total. The summed E-state index contributed by atoms with van der Waals surface area (Å²) in [6.07, 6.45) is 6.06. The largest absolute Gasteiger partial charge is 0.368 e. The van der Waals surface area contributed by atoms with Gasteiger partial charge in [0, 0.05) is 43.3 Å². The number of nitrogens with zero attached hydrogens (tertiary/aromatic N) is 11. The van der Waals surface area contributed by atoms with Crippen LogP contribution in [0.3, 0.4) is 0 Å². The average molecular weight is 1860 g/mol. The van der Waals surface area contributed by atoms with E-state index in [1.165, 1.54) is 53.9 Å². The van der Waals surface area contributed by atoms with Crippen LogP contribution in [0.15, 0.2) is 243 Å². The Morgan fingerprint density at radius 2 is 0.493 bits per heavy atom. The maximum Gasteiger partial charge on any atom is 0.243 e. The Morgan fingerprint density at radius 3 is 0.779 bits per heavy atom. The third kappa shape index (κ3) is 31.7. The molecule has 30 heteroatoms. The van der Waals surface area contributed by atoms with Crippen molar-refractivity contribution < 1.29 is 57.5 Å². The van der Waals surface area contributed by atoms with Crippen LogP contribution >= 0.6 is 0 Å². The zero-order valence-corrected chi connectivity index (χ0v) is 80.1. The number of aromatic nitrogens is 1. The second kappa shape index (κ2) is 55.6. The molecule has 0 aliphatic heterocycles. The summed E-state index contributed by atoms with van der Waals surface area (Å²) in [4.78, 5) is 202. The molecule has 8 aromatic carbocycles. The van der Waals surface area contributed by atoms with Crippen molar-refractivity contribution in [2.45, 2.75) is 149 Å². The first-order valence-electron chi connectivity index (χ1n) is 47.5. The van der Waals surface area contributed by atoms with Gasteiger partial charge in [-0.25, -0.2) is 0 Å². The summed E-state index contributed by atoms with van der Waals surface area (Å²) < 4.78 is 0. The first-order valence-corrected chi connectivity index (χ1v) is 47.5. The Morgan fingerprint density at radius 1 is 0.265 bits per heavy atom. The number of para-hydroxylation sites is 1. The molecule has 9 rings (SSSR count). The maximum atomic E-state index is 16.1. The summed E-state index contributed by atoms with van der Waals surface area (Å²) >= 11 is 0. The van der Waals surface area contributed by atoms with Crippen LogP contribution in [-0.2, 0) is 64.0 Å². The van der Waals surface area contributed by atoms with Crippen LogP contribution in [0.5, 0.6) is 0 Å². The molecule has 1 aromatic heterocycles. The van der Waals surface area contributed by atoms with Gasteiger partial charge in [-0.15, -0.1) is 0 Å². The molecule has 9 aromatic rings. The molecule has 0 aliphatic carbocycles. The smallest absolute Gasteiger partial charge is 0.243 e. The second-order valence-corrected chi connectivity index (χ2v) is 34.8. The zero-order valence-electron chi connectivity index (χ0n) is 80.1. The Hall–Kier alpha value is -13.3. The number of nitrogens with one attached hydrogen (secondary N) is 2. The van der Waals surface area contributed by atoms with Crippen LogP contribution in [0.1, 0.15) is 187 Å². The van der Waals surface area contributed by atoms with Crippen LogP contribution in [-0.4, -0.2) is 267 Å². The minimum atomic E-state index is -0.856. The summed E-state index contributed by atoms with van der Waals surface area (Å²) in [5.74, 6) is -7.31. The molecule has 0 saturated heterocycles. The lowest BCUT2D eigenvalue weighted by Gasteiger charge is -2.38. The fraction of sp³-hybridized carbons (Fsp3) is 0.415. The number of unbranched alkanes of at least 4 members (excludes halogenated alkanes) is 4. The molecule has 0 radical (unpaired) electrons. The summed E-state index contributed by atoms with van der Waals surface area (Å²) in [5, 5.41) is 4.15. The molecule has 136 heavy (non-hydrogen) atoms. The van der Waals surface area contributed by atoms with Gasteiger partial charge in [0.05, 0.1) is 81.6 Å². The SMILES string of the molecule is C[C@@H](c1ccccc1)N(CC(N)=O)C(=O)CN(C(=O)CN(CCCCN)C(=O)CN(C(=O)CN(C(=O)CN(CCCCN)C(=O)CN(C(=O)CN(C(=O)CN(CCCCN)C(=O)CN(CCc1c[nH]c2ccccc12)C(=O)CN(C(=O)CNCCCCN)[C@@H](C)c1ccccc1)[C@@H](C)c1ccccc1)[C@@H](C)c1ccccc1)[C@@H](C)c1ccccc1)[C@@H](C)c1ccccc1)[C@@H](C)c1ccccc1. The number of carbonyl (C=O) groups excluding carboxylic acids is 12. The van der Waals surface area contributed by atoms with E-state index in [1.807, 2.05) is 189 Å². The highest BCUT2D eigenvalue weighted by Gasteiger charge is 2.39. The highest BCUT2D eigenvalue weighted by atomic mass is 16.2. The Bertz CT molecular complexity index is 5260. The van der Waals surface area contributed by atoms with Crippen molar-refractivity contribution in [3.63, 3.8) is 0 Å². The van der Waals surface area contributed by atoms with E-state index >= 15 is 43.2 Å². The highest BCUT2D eigenvalue weighted by molar-refractivity contribution is 5.96. The van der Waals surface area contributed by atoms with Crippen molar-refractivity contribution >= 4 is 81.8 Å². The molecule has 0 bridgehead atoms. The van der Waals surface area contributed by atoms with Crippen molar-refractivity contribution in [3.05, 3.63) is 287 Å². The predicted molar refractivity (Wildman–Crippen MR) is 530 cm³/mol. The molecule has 0 fully saturated rings. The Kier molecular flexibility index (Phi) is 43.5. The molecule has 0 unspecified atom stereocenters. The third-order valence-electron chi connectivity index (χ3n) is 25.4. The van der Waals surface area contributed by atoms with Gasteiger partial charge in [-0.1, -0.05) is 231 Å². The molecule has 0 saturated carbocycles. The van der Waals surface area contributed by atoms with Crippen LogP contribution in [0.2, 0.25) is 0 Å². The molecule has 726 valence electrons. The number of primary amides is 1. The van der Waals surface area contributed by atoms with Gasteiger partial charge >= 0.3 is 0 Å². The van der Waals surface area contributed by atoms with Gasteiger partial charge in [0.15, 0.2) is 0 Å². The quantitative estimate of drug-likeness (QED) is 0.0174. The molecule has 1 heterocycles. The number of aromatic amines is 1. The van der Waals surface area contributed by atoms with Crippen molar-refractivity contribution in [3.8, 4) is 0 Å². The van der Waals surface area contributed by atoms with Gasteiger partial charge in [-0.05, 0) is 190 Å². The number of hydrogen-bond donors (Lipinski definition) is 7. The standard InChI is InChI=1S/C106H140N18O12/c1-78(85-39-15-8-16-40-85)118(67-95(111)125)104(134)75-122(82(5)89-47-23-12-24-48-89)102(132)70-115(62-37-33-58-109)98(128)73-121(81(4)88-45-21-11-22-46-88)106(136)77-124(84(7)91-51-27-14-28-52-91)103(133)71-116(63-38-34-59-110)99(129)74-120(80(3)87-43-19-10-20-44-87)105(135)76-123(83(6)90-49-25-13-26-50-90)101(131)69-114(61-36-32-57-108)97(127)68-117(64-55-92-65-113-94-54-30-29-53-93(92)94)100(130)72-119(79(2)86-41-17-9-18-42-86)96(126)66-112-60-35-31-56-107/h8-30,39-54,65,78-84,112-113H,31-38,55-64,66-77,107-110H2,1-7H3,(H2,111,125)/t78-,79-,80-,81-,82-,83-,84-/m0/s1. The number of carbonyl (C=O) groups is 12. The van der Waals surface area contributed by atoms with E-state index in [0.717, 1.165) is 40.4 Å². The van der Waals surface area contributed by atoms with Gasteiger partial charge < -0.3 is 92.9 Å². The summed E-state index contributed by atoms with van der Waals surface area (Å²) in [6, 6.07) is 66.1. The zero-order chi connectivity index (χ0) is 98.0. The number of benzene rings is 8. The van der Waals surface area contributed by atoms with Gasteiger partial charge in [0.1, 0.15) is 39.3 Å². The van der Waals surface area contributed by atoms with Gasteiger partial charge in [0.25, 0.3) is 0 Å². The van der Waals surface area contributed by atoms with E-state index in [0.29, 0.717) is 85.9 Å². The molecular formula is C106H140N18O12. The number of hydrogen-bond acceptors (Lipinski definition) is 17. The van der Waals surface area contributed by atoms with Crippen molar-refractivity contribution in [2.75, 3.05) is 137 Å². The Balaban J connectivity index is 1.02. The minimum absolute atomic E-state index is 0.0126. The van der Waals surface area contributed by atoms with Gasteiger partial charge in [0.2, 0.25) is 70.9 Å². The molecule has 7 atom stereocenters. The van der Waals surface area contributed by atoms with Crippen molar-refractivity contribution in [1.82, 2.24) is 64.2 Å². The topological polar surface area (TPSA) is 398 Å². The first-order chi connectivity index (χ1) is 65.7. The van der Waals surface area contributed by atoms with E-state index in [1.54, 1.807) is 102 Å². The highest BCUT2D eigenvalue weighted by Crippen LogP contribution is 2.31. The summed E-state index contributed by atoms with van der Waals surface area (Å²) in [7, 11) is 0. The van der Waals surface area contributed by atoms with E-state index < -0.39 is 173 Å². The average Bonchev–Trinajstić information content (AvgIpc) is 1.26. The van der Waals surface area contributed by atoms with Gasteiger partial charge in [-0.3, -0.25) is 57.5 Å². The van der Waals surface area contributed by atoms with E-state index in [2.05, 4.69) is 10.3 Å². The Labute approximate surface area is 801 Å². The third-order valence-corrected chi connectivity index (χ3v) is 25.4. The summed E-state index contributed by atoms with van der Waals surface area (Å²) in [5.41, 5.74) is 36.4. The molecule has 0 aliphatic rings. The fourth-order valence-electron chi connectivity index (χ4n) is 16.9. The van der Waals surface area contributed by atoms with Crippen molar-refractivity contribution in [2.24, 2.45) is 28.7 Å². The van der Waals surface area contributed by atoms with Gasteiger partial charge in [-0.2, -0.15) is 0 Å². The fourth-order valence-corrected chi connectivity index (χ4v) is 16.9. The monoisotopic (exact) mass is 1860 g/mol. The predicted octanol–water partition coefficient (Wildman–Crippen LogP) is 10.2. The first kappa shape index (κ1) is 106. The lowest BCUT2D eigenvalue weighted by molar-refractivity contribution is -0.152. The molecule has 12 amide bonds. The molecular weight excluding hydrogens is 1720 g/mol. The van der Waals surface area contributed by atoms with E-state index in [4.69, 9.17) is 28.7 Å². The lowest BCUT2D eigenvalue weighted by atomic mass is 10.0. The number of H-pyrrole nitrogens is 1. The number of amides is 12. The van der Waals surface area contributed by atoms with Crippen LogP contribution in [0.25, 0.3) is 10.9 Å². The van der Waals surface area contributed by atoms with Crippen molar-refractivity contribution in [1.29, 1.82) is 0 Å². The normalized spacial score (nSPS) is 12.7. The number of nitrogens with two attached hydrogens (primary N) is 5. The lowest BCUT2D eigenvalue weighted by Crippen LogP contribution is -2.54. The molecule has 0 spiro atoms. The number of rotatable bonds is 57. The van der Waals surface area contributed by atoms with E-state index in [9.17, 15) is 14.4 Å². The minimum Gasteiger partial charge on any atom is -0.368 e. The molecule has 12 N–H and O–H groups in total. The number of fused-ring (bicyclic) bond motifs is 1. The van der Waals surface area contributed by atoms with Crippen LogP contribution < -0.4 is 34.0 Å². The van der Waals surface area contributed by atoms with E-state index in [-0.39, 0.29) is 64.8 Å². The summed E-state index contributed by atoms with van der Waals surface area (Å²) in [6.45, 7) is 8.18. The van der Waals surface area contributed by atoms with Crippen LogP contribution in [0.4, 0.5) is 0 Å². The second-order valence-electron chi connectivity index (χ2n) is 34.8. The maximum absolute atomic E-state index is 16.1.